The average molecular weight is 472 g/mol. The summed E-state index contributed by atoms with van der Waals surface area (Å²) in [5, 5.41) is 14.6. The second-order valence-electron chi connectivity index (χ2n) is 8.21. The van der Waals surface area contributed by atoms with E-state index in [1.54, 1.807) is 18.2 Å². The van der Waals surface area contributed by atoms with Crippen LogP contribution in [0.4, 0.5) is 5.69 Å². The molecule has 0 aliphatic heterocycles. The third-order valence-electron chi connectivity index (χ3n) is 5.74. The smallest absolute Gasteiger partial charge is 0.227 e. The van der Waals surface area contributed by atoms with Gasteiger partial charge in [0, 0.05) is 19.8 Å². The number of aromatic nitrogens is 5. The van der Waals surface area contributed by atoms with Gasteiger partial charge in [0.1, 0.15) is 23.9 Å². The number of aryl methyl sites for hydroxylation is 1. The van der Waals surface area contributed by atoms with Crippen LogP contribution in [0.15, 0.2) is 35.4 Å². The van der Waals surface area contributed by atoms with Crippen LogP contribution < -0.4 is 10.6 Å². The van der Waals surface area contributed by atoms with Gasteiger partial charge in [-0.05, 0) is 25.0 Å². The van der Waals surface area contributed by atoms with Crippen LogP contribution in [0.2, 0.25) is 5.02 Å². The third-order valence-corrected chi connectivity index (χ3v) is 6.05. The van der Waals surface area contributed by atoms with Crippen molar-refractivity contribution in [3.8, 4) is 5.69 Å². The molecule has 1 aliphatic carbocycles. The molecule has 1 aliphatic rings. The van der Waals surface area contributed by atoms with Crippen LogP contribution in [0.5, 0.6) is 0 Å². The van der Waals surface area contributed by atoms with E-state index in [1.165, 1.54) is 24.3 Å². The van der Waals surface area contributed by atoms with E-state index in [-0.39, 0.29) is 24.7 Å². The molecule has 2 aromatic heterocycles. The molecular weight excluding hydrogens is 446 g/mol. The molecule has 1 fully saturated rings. The van der Waals surface area contributed by atoms with Crippen LogP contribution in [0.3, 0.4) is 0 Å². The molecule has 3 aromatic rings. The summed E-state index contributed by atoms with van der Waals surface area (Å²) in [5.74, 6) is 0.492. The highest BCUT2D eigenvalue weighted by Gasteiger charge is 2.38. The topological polar surface area (TPSA) is 128 Å². The molecular formula is C22H26ClN7O3. The summed E-state index contributed by atoms with van der Waals surface area (Å²) in [5.41, 5.74) is 0.447. The first-order valence-corrected chi connectivity index (χ1v) is 11.4. The van der Waals surface area contributed by atoms with Gasteiger partial charge in [-0.15, -0.1) is 0 Å². The normalized spacial score (nSPS) is 15.6. The molecule has 2 heterocycles. The Morgan fingerprint density at radius 1 is 1.21 bits per heavy atom. The van der Waals surface area contributed by atoms with E-state index in [0.29, 0.717) is 28.1 Å². The zero-order chi connectivity index (χ0) is 23.3. The maximum atomic E-state index is 12.6. The van der Waals surface area contributed by atoms with E-state index >= 15 is 0 Å². The van der Waals surface area contributed by atoms with Gasteiger partial charge >= 0.3 is 0 Å². The number of para-hydroxylation sites is 1. The molecule has 1 aromatic carbocycles. The second kappa shape index (κ2) is 10.1. The molecule has 0 saturated heterocycles. The monoisotopic (exact) mass is 471 g/mol. The number of nitrogens with zero attached hydrogens (tertiary/aromatic N) is 5. The Labute approximate surface area is 196 Å². The molecule has 174 valence electrons. The zero-order valence-electron chi connectivity index (χ0n) is 18.4. The maximum absolute atomic E-state index is 12.6. The third kappa shape index (κ3) is 5.39. The number of benzene rings is 1. The first-order valence-electron chi connectivity index (χ1n) is 11.0. The Morgan fingerprint density at radius 3 is 2.70 bits per heavy atom. The number of halogens is 1. The van der Waals surface area contributed by atoms with Crippen molar-refractivity contribution in [1.82, 2.24) is 30.2 Å². The van der Waals surface area contributed by atoms with Crippen molar-refractivity contribution in [2.45, 2.75) is 63.8 Å². The molecule has 0 unspecified atom stereocenters. The number of hydrogen-bond donors (Lipinski definition) is 2. The van der Waals surface area contributed by atoms with E-state index in [9.17, 15) is 9.59 Å². The van der Waals surface area contributed by atoms with Gasteiger partial charge in [0.15, 0.2) is 5.82 Å². The molecule has 2 amide bonds. The Hall–Kier alpha value is -3.27. The molecule has 0 atom stereocenters. The molecule has 11 heteroatoms. The zero-order valence-corrected chi connectivity index (χ0v) is 19.1. The number of rotatable bonds is 7. The van der Waals surface area contributed by atoms with Crippen molar-refractivity contribution in [2.75, 3.05) is 5.32 Å². The van der Waals surface area contributed by atoms with Gasteiger partial charge in [-0.2, -0.15) is 10.1 Å². The van der Waals surface area contributed by atoms with Gasteiger partial charge in [0.25, 0.3) is 0 Å². The number of amides is 2. The first kappa shape index (κ1) is 22.9. The predicted octanol–water partition coefficient (Wildman–Crippen LogP) is 3.56. The van der Waals surface area contributed by atoms with Crippen LogP contribution in [-0.4, -0.2) is 36.7 Å². The van der Waals surface area contributed by atoms with Gasteiger partial charge in [-0.3, -0.25) is 9.59 Å². The summed E-state index contributed by atoms with van der Waals surface area (Å²) >= 11 is 6.31. The first-order chi connectivity index (χ1) is 16.0. The molecule has 2 N–H and O–H groups in total. The predicted molar refractivity (Wildman–Crippen MR) is 121 cm³/mol. The molecule has 1 saturated carbocycles. The molecule has 0 radical (unpaired) electrons. The standard InChI is InChI=1S/C22H26ClN7O3/c1-15(31)28-22(11-4-2-3-5-12-22)21-27-19(33-29-21)10-9-18(32)26-17-8-6-7-16(23)20(17)30-14-24-13-25-30/h6-8,13-14H,2-5,9-12H2,1H3,(H,26,32)(H,28,31). The Balaban J connectivity index is 1.43. The quantitative estimate of drug-likeness (QED) is 0.504. The summed E-state index contributed by atoms with van der Waals surface area (Å²) in [4.78, 5) is 33.0. The van der Waals surface area contributed by atoms with Crippen LogP contribution in [0, 0.1) is 0 Å². The van der Waals surface area contributed by atoms with E-state index in [0.717, 1.165) is 38.5 Å². The summed E-state index contributed by atoms with van der Waals surface area (Å²) in [7, 11) is 0. The molecule has 0 spiro atoms. The van der Waals surface area contributed by atoms with Gasteiger partial charge < -0.3 is 15.2 Å². The summed E-state index contributed by atoms with van der Waals surface area (Å²) in [6.45, 7) is 1.50. The number of anilines is 1. The summed E-state index contributed by atoms with van der Waals surface area (Å²) < 4.78 is 6.93. The molecule has 4 rings (SSSR count). The fourth-order valence-corrected chi connectivity index (χ4v) is 4.49. The Bertz CT molecular complexity index is 1110. The lowest BCUT2D eigenvalue weighted by molar-refractivity contribution is -0.121. The van der Waals surface area contributed by atoms with Crippen LogP contribution in [0.25, 0.3) is 5.69 Å². The molecule has 0 bridgehead atoms. The number of carbonyl (C=O) groups is 2. The lowest BCUT2D eigenvalue weighted by Gasteiger charge is -2.30. The van der Waals surface area contributed by atoms with E-state index in [1.807, 2.05) is 0 Å². The Kier molecular flexibility index (Phi) is 7.02. The fourth-order valence-electron chi connectivity index (χ4n) is 4.23. The largest absolute Gasteiger partial charge is 0.343 e. The second-order valence-corrected chi connectivity index (χ2v) is 8.62. The highest BCUT2D eigenvalue weighted by Crippen LogP contribution is 2.34. The maximum Gasteiger partial charge on any atom is 0.227 e. The molecule has 10 nitrogen and oxygen atoms in total. The van der Waals surface area contributed by atoms with Crippen LogP contribution in [0.1, 0.15) is 63.6 Å². The molecule has 33 heavy (non-hydrogen) atoms. The van der Waals surface area contributed by atoms with Crippen molar-refractivity contribution in [3.63, 3.8) is 0 Å². The highest BCUT2D eigenvalue weighted by atomic mass is 35.5. The van der Waals surface area contributed by atoms with Crippen molar-refractivity contribution in [1.29, 1.82) is 0 Å². The minimum atomic E-state index is -0.611. The number of hydrogen-bond acceptors (Lipinski definition) is 7. The van der Waals surface area contributed by atoms with E-state index < -0.39 is 5.54 Å². The van der Waals surface area contributed by atoms with Crippen molar-refractivity contribution in [3.05, 3.63) is 47.6 Å². The van der Waals surface area contributed by atoms with Crippen molar-refractivity contribution >= 4 is 29.1 Å². The summed E-state index contributed by atoms with van der Waals surface area (Å²) in [6.07, 6.45) is 9.06. The lowest BCUT2D eigenvalue weighted by Crippen LogP contribution is -2.45. The van der Waals surface area contributed by atoms with E-state index in [4.69, 9.17) is 16.1 Å². The lowest BCUT2D eigenvalue weighted by atomic mass is 9.89. The van der Waals surface area contributed by atoms with Crippen LogP contribution >= 0.6 is 11.6 Å². The number of carbonyl (C=O) groups excluding carboxylic acids is 2. The fraction of sp³-hybridized carbons (Fsp3) is 0.455. The van der Waals surface area contributed by atoms with Gasteiger partial charge in [0.05, 0.1) is 10.7 Å². The van der Waals surface area contributed by atoms with Crippen molar-refractivity contribution < 1.29 is 14.1 Å². The summed E-state index contributed by atoms with van der Waals surface area (Å²) in [6, 6.07) is 5.21. The van der Waals surface area contributed by atoms with Gasteiger partial charge in [0.2, 0.25) is 17.7 Å². The van der Waals surface area contributed by atoms with E-state index in [2.05, 4.69) is 30.9 Å². The number of nitrogens with one attached hydrogen (secondary N) is 2. The minimum Gasteiger partial charge on any atom is -0.343 e. The van der Waals surface area contributed by atoms with Gasteiger partial charge in [-0.1, -0.05) is 48.5 Å². The minimum absolute atomic E-state index is 0.118. The van der Waals surface area contributed by atoms with Gasteiger partial charge in [-0.25, -0.2) is 9.67 Å². The highest BCUT2D eigenvalue weighted by molar-refractivity contribution is 6.33. The average Bonchev–Trinajstić information content (AvgIpc) is 3.42. The van der Waals surface area contributed by atoms with Crippen molar-refractivity contribution in [2.24, 2.45) is 0 Å². The SMILES string of the molecule is CC(=O)NC1(c2noc(CCC(=O)Nc3cccc(Cl)c3-n3cncn3)n2)CCCCCC1. The Morgan fingerprint density at radius 2 is 2.00 bits per heavy atom. The van der Waals surface area contributed by atoms with Crippen LogP contribution in [-0.2, 0) is 21.5 Å².